The molecular weight excluding hydrogens is 573 g/mol. The molecule has 2 amide bonds. The second-order valence-corrected chi connectivity index (χ2v) is 12.2. The maximum atomic E-state index is 13.0. The maximum absolute atomic E-state index is 13.0. The number of urea groups is 1. The van der Waals surface area contributed by atoms with Crippen LogP contribution in [0.15, 0.2) is 48.1 Å². The number of hydrogen-bond acceptors (Lipinski definition) is 5. The molecular formula is C32H42Cl2N5O3+. The third-order valence-electron chi connectivity index (χ3n) is 8.64. The first-order chi connectivity index (χ1) is 20.4. The number of allylic oxidation sites excluding steroid dienone is 1. The molecule has 226 valence electrons. The van der Waals surface area contributed by atoms with Gasteiger partial charge in [-0.05, 0) is 55.5 Å². The summed E-state index contributed by atoms with van der Waals surface area (Å²) < 4.78 is 8.82. The van der Waals surface area contributed by atoms with E-state index in [0.29, 0.717) is 35.4 Å². The smallest absolute Gasteiger partial charge is 0.321 e. The van der Waals surface area contributed by atoms with Gasteiger partial charge in [0.2, 0.25) is 5.88 Å². The number of halogens is 2. The Morgan fingerprint density at radius 3 is 2.50 bits per heavy atom. The third kappa shape index (κ3) is 7.51. The lowest BCUT2D eigenvalue weighted by atomic mass is 9.92. The molecule has 3 aliphatic heterocycles. The number of nitrogens with zero attached hydrogens (tertiary/aromatic N) is 4. The summed E-state index contributed by atoms with van der Waals surface area (Å²) >= 11 is 12.6. The zero-order valence-corrected chi connectivity index (χ0v) is 26.0. The molecule has 0 atom stereocenters. The normalized spacial score (nSPS) is 18.3. The van der Waals surface area contributed by atoms with Crippen molar-refractivity contribution in [2.24, 2.45) is 0 Å². The first kappa shape index (κ1) is 30.5. The Labute approximate surface area is 259 Å². The van der Waals surface area contributed by atoms with E-state index >= 15 is 0 Å². The zero-order valence-electron chi connectivity index (χ0n) is 24.5. The van der Waals surface area contributed by atoms with Crippen LogP contribution >= 0.6 is 23.2 Å². The van der Waals surface area contributed by atoms with Crippen molar-refractivity contribution in [3.63, 3.8) is 0 Å². The van der Waals surface area contributed by atoms with Gasteiger partial charge in [-0.3, -0.25) is 4.98 Å². The molecule has 2 N–H and O–H groups in total. The lowest BCUT2D eigenvalue weighted by Crippen LogP contribution is -2.41. The van der Waals surface area contributed by atoms with Crippen molar-refractivity contribution in [1.82, 2.24) is 20.1 Å². The fourth-order valence-corrected chi connectivity index (χ4v) is 6.64. The second kappa shape index (κ2) is 14.5. The maximum Gasteiger partial charge on any atom is 0.321 e. The number of carbonyl (C=O) groups excluding carboxylic acids is 1. The Morgan fingerprint density at radius 1 is 1.07 bits per heavy atom. The number of piperidine rings is 1. The van der Waals surface area contributed by atoms with Crippen LogP contribution in [-0.2, 0) is 6.42 Å². The summed E-state index contributed by atoms with van der Waals surface area (Å²) in [4.78, 5) is 21.5. The van der Waals surface area contributed by atoms with E-state index in [1.807, 2.05) is 29.3 Å². The number of aliphatic hydroxyl groups excluding tert-OH is 1. The number of benzene rings is 1. The number of likely N-dealkylation sites (tertiary alicyclic amines) is 2. The van der Waals surface area contributed by atoms with Gasteiger partial charge in [0, 0.05) is 74.0 Å². The Kier molecular flexibility index (Phi) is 10.5. The van der Waals surface area contributed by atoms with Crippen LogP contribution in [0.5, 0.6) is 5.75 Å². The lowest BCUT2D eigenvalue weighted by Gasteiger charge is -2.34. The Bertz CT molecular complexity index is 1310. The summed E-state index contributed by atoms with van der Waals surface area (Å²) in [5, 5.41) is 15.5. The van der Waals surface area contributed by atoms with Gasteiger partial charge in [-0.2, -0.15) is 0 Å². The average Bonchev–Trinajstić information content (AvgIpc) is 3.74. The minimum atomic E-state index is -0.193. The SMILES string of the molecule is CCC(COc1cccnc1C1CCN(C(O)=C(Cc2ccc(Cl)cc2Cl)NC(=O)N2CCCC2)CC1)=[N+]1CCCC1. The number of ether oxygens (including phenoxy) is 1. The lowest BCUT2D eigenvalue weighted by molar-refractivity contribution is -0.508. The molecule has 1 aromatic carbocycles. The number of rotatable bonds is 9. The minimum Gasteiger partial charge on any atom is -0.493 e. The monoisotopic (exact) mass is 614 g/mol. The molecule has 3 fully saturated rings. The molecule has 42 heavy (non-hydrogen) atoms. The van der Waals surface area contributed by atoms with Gasteiger partial charge in [0.15, 0.2) is 12.3 Å². The van der Waals surface area contributed by atoms with E-state index in [0.717, 1.165) is 75.3 Å². The first-order valence-corrected chi connectivity index (χ1v) is 16.0. The Hall–Kier alpha value is -2.97. The number of pyridine rings is 1. The van der Waals surface area contributed by atoms with Crippen molar-refractivity contribution in [2.45, 2.75) is 64.2 Å². The highest BCUT2D eigenvalue weighted by Gasteiger charge is 2.29. The summed E-state index contributed by atoms with van der Waals surface area (Å²) in [6.07, 6.45) is 9.19. The number of nitrogens with one attached hydrogen (secondary N) is 1. The van der Waals surface area contributed by atoms with E-state index in [2.05, 4.69) is 16.8 Å². The van der Waals surface area contributed by atoms with Crippen LogP contribution in [0.4, 0.5) is 4.79 Å². The summed E-state index contributed by atoms with van der Waals surface area (Å²) in [6, 6.07) is 9.04. The van der Waals surface area contributed by atoms with Crippen LogP contribution < -0.4 is 10.1 Å². The number of amides is 2. The largest absolute Gasteiger partial charge is 0.493 e. The van der Waals surface area contributed by atoms with Crippen molar-refractivity contribution >= 4 is 34.9 Å². The molecule has 0 aliphatic carbocycles. The highest BCUT2D eigenvalue weighted by molar-refractivity contribution is 6.35. The molecule has 5 rings (SSSR count). The van der Waals surface area contributed by atoms with E-state index < -0.39 is 0 Å². The summed E-state index contributed by atoms with van der Waals surface area (Å²) in [7, 11) is 0. The molecule has 0 radical (unpaired) electrons. The van der Waals surface area contributed by atoms with E-state index in [9.17, 15) is 9.90 Å². The summed E-state index contributed by atoms with van der Waals surface area (Å²) in [5.41, 5.74) is 3.55. The van der Waals surface area contributed by atoms with Gasteiger partial charge < -0.3 is 25.0 Å². The highest BCUT2D eigenvalue weighted by atomic mass is 35.5. The molecule has 0 unspecified atom stereocenters. The first-order valence-electron chi connectivity index (χ1n) is 15.3. The number of aliphatic hydroxyl groups is 1. The van der Waals surface area contributed by atoms with E-state index in [1.54, 1.807) is 17.0 Å². The molecule has 0 spiro atoms. The van der Waals surface area contributed by atoms with Gasteiger partial charge in [0.1, 0.15) is 18.8 Å². The van der Waals surface area contributed by atoms with Crippen molar-refractivity contribution < 1.29 is 19.2 Å². The van der Waals surface area contributed by atoms with Gasteiger partial charge in [0.25, 0.3) is 0 Å². The van der Waals surface area contributed by atoms with E-state index in [4.69, 9.17) is 32.9 Å². The molecule has 3 saturated heterocycles. The molecule has 0 saturated carbocycles. The molecule has 0 bridgehead atoms. The predicted molar refractivity (Wildman–Crippen MR) is 167 cm³/mol. The highest BCUT2D eigenvalue weighted by Crippen LogP contribution is 2.34. The van der Waals surface area contributed by atoms with Crippen LogP contribution in [0.25, 0.3) is 0 Å². The number of hydrogen-bond donors (Lipinski definition) is 2. The predicted octanol–water partition coefficient (Wildman–Crippen LogP) is 6.38. The molecule has 3 aliphatic rings. The van der Waals surface area contributed by atoms with Crippen molar-refractivity contribution in [3.05, 3.63) is 69.4 Å². The fourth-order valence-electron chi connectivity index (χ4n) is 6.16. The minimum absolute atomic E-state index is 0.0808. The molecule has 1 aromatic heterocycles. The number of aromatic nitrogens is 1. The Morgan fingerprint density at radius 2 is 1.81 bits per heavy atom. The van der Waals surface area contributed by atoms with E-state index in [1.165, 1.54) is 18.6 Å². The standard InChI is InChI=1S/C32H41Cl2N5O3/c1-2-26(37-14-3-4-15-37)22-42-29-8-7-13-35-30(29)23-11-18-38(19-12-23)31(40)28(36-32(41)39-16-5-6-17-39)20-24-9-10-25(33)21-27(24)34/h7-10,13,21,23H,2-6,11-12,14-20,22H2,1H3,(H-,36,40,41)/p+1. The molecule has 10 heteroatoms. The van der Waals surface area contributed by atoms with Gasteiger partial charge in [-0.15, -0.1) is 0 Å². The second-order valence-electron chi connectivity index (χ2n) is 11.4. The van der Waals surface area contributed by atoms with Crippen molar-refractivity contribution in [1.29, 1.82) is 0 Å². The quantitative estimate of drug-likeness (QED) is 0.253. The molecule has 4 heterocycles. The Balaban J connectivity index is 1.29. The van der Waals surface area contributed by atoms with Crippen LogP contribution in [0.3, 0.4) is 0 Å². The topological polar surface area (TPSA) is 80.9 Å². The van der Waals surface area contributed by atoms with Gasteiger partial charge in [-0.25, -0.2) is 9.37 Å². The molecule has 2 aromatic rings. The van der Waals surface area contributed by atoms with E-state index in [-0.39, 0.29) is 24.3 Å². The fraction of sp³-hybridized carbons (Fsp3) is 0.531. The zero-order chi connectivity index (χ0) is 29.5. The van der Waals surface area contributed by atoms with Crippen molar-refractivity contribution in [3.8, 4) is 5.75 Å². The van der Waals surface area contributed by atoms with Gasteiger partial charge in [-0.1, -0.05) is 36.2 Å². The molecule has 8 nitrogen and oxygen atoms in total. The van der Waals surface area contributed by atoms with Crippen LogP contribution in [0.2, 0.25) is 10.0 Å². The summed E-state index contributed by atoms with van der Waals surface area (Å²) in [5.74, 6) is 1.14. The van der Waals surface area contributed by atoms with Crippen LogP contribution in [0.1, 0.15) is 69.0 Å². The van der Waals surface area contributed by atoms with Gasteiger partial charge >= 0.3 is 6.03 Å². The average molecular weight is 616 g/mol. The number of carbonyl (C=O) groups is 1. The van der Waals surface area contributed by atoms with Crippen molar-refractivity contribution in [2.75, 3.05) is 45.9 Å². The summed E-state index contributed by atoms with van der Waals surface area (Å²) in [6.45, 7) is 7.71. The third-order valence-corrected chi connectivity index (χ3v) is 9.23. The van der Waals surface area contributed by atoms with Crippen LogP contribution in [0, 0.1) is 0 Å². The van der Waals surface area contributed by atoms with Crippen LogP contribution in [-0.4, -0.2) is 82.1 Å². The van der Waals surface area contributed by atoms with Gasteiger partial charge in [0.05, 0.1) is 11.4 Å².